The van der Waals surface area contributed by atoms with E-state index in [4.69, 9.17) is 9.63 Å². The number of aliphatic carboxylic acids is 1. The molecular weight excluding hydrogens is 256 g/mol. The molecule has 20 heavy (non-hydrogen) atoms. The van der Waals surface area contributed by atoms with E-state index in [9.17, 15) is 4.79 Å². The maximum atomic E-state index is 10.4. The van der Waals surface area contributed by atoms with Crippen molar-refractivity contribution in [3.63, 3.8) is 0 Å². The molecule has 0 saturated carbocycles. The zero-order valence-corrected chi connectivity index (χ0v) is 11.4. The molecule has 1 aromatic heterocycles. The van der Waals surface area contributed by atoms with Crippen molar-refractivity contribution < 1.29 is 14.4 Å². The standard InChI is InChI=1S/C15H18N2O3/c1-11-4-6-12(7-5-11)14-9-13(17-20-14)10-16-8-2-3-15(18)19/h4-7,9,16H,2-3,8,10H2,1H3,(H,18,19). The summed E-state index contributed by atoms with van der Waals surface area (Å²) in [6, 6.07) is 9.96. The van der Waals surface area contributed by atoms with Gasteiger partial charge >= 0.3 is 5.97 Å². The number of carboxylic acid groups (broad SMARTS) is 1. The summed E-state index contributed by atoms with van der Waals surface area (Å²) in [5.41, 5.74) is 3.02. The molecule has 0 saturated heterocycles. The van der Waals surface area contributed by atoms with Crippen molar-refractivity contribution in [1.82, 2.24) is 10.5 Å². The molecule has 2 rings (SSSR count). The van der Waals surface area contributed by atoms with Gasteiger partial charge in [0.2, 0.25) is 0 Å². The molecule has 0 atom stereocenters. The molecule has 0 unspecified atom stereocenters. The second-order valence-corrected chi connectivity index (χ2v) is 4.72. The molecule has 5 heteroatoms. The van der Waals surface area contributed by atoms with Crippen LogP contribution < -0.4 is 5.32 Å². The summed E-state index contributed by atoms with van der Waals surface area (Å²) in [6.45, 7) is 3.27. The number of carboxylic acids is 1. The first-order chi connectivity index (χ1) is 9.65. The molecule has 0 spiro atoms. The number of benzene rings is 1. The average molecular weight is 274 g/mol. The Bertz CT molecular complexity index is 561. The monoisotopic (exact) mass is 274 g/mol. The molecule has 0 aliphatic rings. The van der Waals surface area contributed by atoms with Crippen molar-refractivity contribution in [2.75, 3.05) is 6.54 Å². The van der Waals surface area contributed by atoms with Gasteiger partial charge in [-0.25, -0.2) is 0 Å². The van der Waals surface area contributed by atoms with Crippen LogP contribution in [0.4, 0.5) is 0 Å². The number of aromatic nitrogens is 1. The third-order valence-corrected chi connectivity index (χ3v) is 2.95. The van der Waals surface area contributed by atoms with Gasteiger partial charge in [-0.15, -0.1) is 0 Å². The summed E-state index contributed by atoms with van der Waals surface area (Å²) in [5, 5.41) is 15.7. The molecule has 0 aliphatic heterocycles. The summed E-state index contributed by atoms with van der Waals surface area (Å²) in [7, 11) is 0. The normalized spacial score (nSPS) is 10.7. The molecule has 2 N–H and O–H groups in total. The highest BCUT2D eigenvalue weighted by Gasteiger charge is 2.06. The third-order valence-electron chi connectivity index (χ3n) is 2.95. The van der Waals surface area contributed by atoms with Gasteiger partial charge < -0.3 is 14.9 Å². The first-order valence-electron chi connectivity index (χ1n) is 6.60. The Labute approximate surface area is 117 Å². The molecule has 2 aromatic rings. The summed E-state index contributed by atoms with van der Waals surface area (Å²) in [6.07, 6.45) is 0.790. The predicted octanol–water partition coefficient (Wildman–Crippen LogP) is 2.60. The fourth-order valence-electron chi connectivity index (χ4n) is 1.83. The Hall–Kier alpha value is -2.14. The number of nitrogens with zero attached hydrogens (tertiary/aromatic N) is 1. The van der Waals surface area contributed by atoms with Gasteiger partial charge in [-0.05, 0) is 19.9 Å². The lowest BCUT2D eigenvalue weighted by Gasteiger charge is -1.99. The Morgan fingerprint density at radius 3 is 2.80 bits per heavy atom. The number of carbonyl (C=O) groups is 1. The number of aryl methyl sites for hydroxylation is 1. The predicted molar refractivity (Wildman–Crippen MR) is 75.3 cm³/mol. The van der Waals surface area contributed by atoms with Crippen molar-refractivity contribution in [3.05, 3.63) is 41.6 Å². The quantitative estimate of drug-likeness (QED) is 0.759. The second kappa shape index (κ2) is 6.86. The SMILES string of the molecule is Cc1ccc(-c2cc(CNCCCC(=O)O)no2)cc1. The number of hydrogen-bond acceptors (Lipinski definition) is 4. The highest BCUT2D eigenvalue weighted by Crippen LogP contribution is 2.20. The fourth-order valence-corrected chi connectivity index (χ4v) is 1.83. The van der Waals surface area contributed by atoms with E-state index in [1.54, 1.807) is 0 Å². The van der Waals surface area contributed by atoms with Crippen LogP contribution in [0, 0.1) is 6.92 Å². The molecule has 1 heterocycles. The van der Waals surface area contributed by atoms with Gasteiger partial charge in [0.05, 0.1) is 5.69 Å². The minimum absolute atomic E-state index is 0.181. The summed E-state index contributed by atoms with van der Waals surface area (Å²) in [5.74, 6) is -0.0257. The Morgan fingerprint density at radius 2 is 2.10 bits per heavy atom. The second-order valence-electron chi connectivity index (χ2n) is 4.72. The first-order valence-corrected chi connectivity index (χ1v) is 6.60. The Balaban J connectivity index is 1.83. The maximum absolute atomic E-state index is 10.4. The average Bonchev–Trinajstić information content (AvgIpc) is 2.87. The van der Waals surface area contributed by atoms with Crippen LogP contribution in [-0.2, 0) is 11.3 Å². The van der Waals surface area contributed by atoms with Crippen molar-refractivity contribution in [2.24, 2.45) is 0 Å². The van der Waals surface area contributed by atoms with E-state index >= 15 is 0 Å². The maximum Gasteiger partial charge on any atom is 0.303 e. The number of hydrogen-bond donors (Lipinski definition) is 2. The highest BCUT2D eigenvalue weighted by molar-refractivity contribution is 5.66. The molecule has 5 nitrogen and oxygen atoms in total. The lowest BCUT2D eigenvalue weighted by Crippen LogP contribution is -2.15. The van der Waals surface area contributed by atoms with Gasteiger partial charge in [0.1, 0.15) is 0 Å². The lowest BCUT2D eigenvalue weighted by molar-refractivity contribution is -0.137. The van der Waals surface area contributed by atoms with Crippen molar-refractivity contribution in [3.8, 4) is 11.3 Å². The van der Waals surface area contributed by atoms with Crippen LogP contribution in [0.25, 0.3) is 11.3 Å². The molecule has 0 fully saturated rings. The van der Waals surface area contributed by atoms with Crippen LogP contribution >= 0.6 is 0 Å². The van der Waals surface area contributed by atoms with E-state index in [2.05, 4.69) is 10.5 Å². The summed E-state index contributed by atoms with van der Waals surface area (Å²) in [4.78, 5) is 10.4. The lowest BCUT2D eigenvalue weighted by atomic mass is 10.1. The summed E-state index contributed by atoms with van der Waals surface area (Å²) >= 11 is 0. The van der Waals surface area contributed by atoms with E-state index in [1.807, 2.05) is 37.3 Å². The van der Waals surface area contributed by atoms with Gasteiger partial charge in [-0.1, -0.05) is 35.0 Å². The fraction of sp³-hybridized carbons (Fsp3) is 0.333. The van der Waals surface area contributed by atoms with Crippen LogP contribution in [-0.4, -0.2) is 22.8 Å². The smallest absolute Gasteiger partial charge is 0.303 e. The van der Waals surface area contributed by atoms with Gasteiger partial charge in [-0.3, -0.25) is 4.79 Å². The molecule has 0 bridgehead atoms. The first kappa shape index (κ1) is 14.3. The van der Waals surface area contributed by atoms with E-state index in [1.165, 1.54) is 5.56 Å². The molecule has 0 amide bonds. The number of rotatable bonds is 7. The summed E-state index contributed by atoms with van der Waals surface area (Å²) < 4.78 is 5.30. The topological polar surface area (TPSA) is 75.4 Å². The van der Waals surface area contributed by atoms with Crippen LogP contribution in [0.3, 0.4) is 0 Å². The van der Waals surface area contributed by atoms with Gasteiger partial charge in [0.15, 0.2) is 5.76 Å². The molecular formula is C15H18N2O3. The van der Waals surface area contributed by atoms with Crippen molar-refractivity contribution in [1.29, 1.82) is 0 Å². The van der Waals surface area contributed by atoms with Crippen LogP contribution in [0.5, 0.6) is 0 Å². The zero-order valence-electron chi connectivity index (χ0n) is 11.4. The molecule has 1 aromatic carbocycles. The van der Waals surface area contributed by atoms with Crippen molar-refractivity contribution >= 4 is 5.97 Å². The highest BCUT2D eigenvalue weighted by atomic mass is 16.5. The van der Waals surface area contributed by atoms with Gasteiger partial charge in [0.25, 0.3) is 0 Å². The Kier molecular flexibility index (Phi) is 4.90. The zero-order chi connectivity index (χ0) is 14.4. The van der Waals surface area contributed by atoms with Gasteiger partial charge in [0, 0.05) is 24.6 Å². The molecule has 106 valence electrons. The van der Waals surface area contributed by atoms with E-state index in [-0.39, 0.29) is 6.42 Å². The van der Waals surface area contributed by atoms with Gasteiger partial charge in [-0.2, -0.15) is 0 Å². The van der Waals surface area contributed by atoms with E-state index in [0.29, 0.717) is 19.5 Å². The minimum atomic E-state index is -0.769. The van der Waals surface area contributed by atoms with Crippen LogP contribution in [0.1, 0.15) is 24.1 Å². The number of nitrogens with one attached hydrogen (secondary N) is 1. The molecule has 0 radical (unpaired) electrons. The minimum Gasteiger partial charge on any atom is -0.481 e. The van der Waals surface area contributed by atoms with Crippen LogP contribution in [0.2, 0.25) is 0 Å². The molecule has 0 aliphatic carbocycles. The third kappa shape index (κ3) is 4.20. The Morgan fingerprint density at radius 1 is 1.35 bits per heavy atom. The van der Waals surface area contributed by atoms with E-state index in [0.717, 1.165) is 17.0 Å². The largest absolute Gasteiger partial charge is 0.481 e. The van der Waals surface area contributed by atoms with Crippen molar-refractivity contribution in [2.45, 2.75) is 26.3 Å². The van der Waals surface area contributed by atoms with E-state index < -0.39 is 5.97 Å². The van der Waals surface area contributed by atoms with Crippen LogP contribution in [0.15, 0.2) is 34.9 Å².